The molecule has 0 saturated carbocycles. The summed E-state index contributed by atoms with van der Waals surface area (Å²) in [5, 5.41) is 12.3. The number of rotatable bonds is 9. The van der Waals surface area contributed by atoms with Crippen LogP contribution in [0.15, 0.2) is 48.5 Å². The zero-order valence-electron chi connectivity index (χ0n) is 15.2. The van der Waals surface area contributed by atoms with Crippen molar-refractivity contribution in [2.24, 2.45) is 0 Å². The number of benzene rings is 2. The van der Waals surface area contributed by atoms with Gasteiger partial charge in [0.1, 0.15) is 0 Å². The number of aliphatic hydroxyl groups is 1. The van der Waals surface area contributed by atoms with Crippen molar-refractivity contribution in [3.8, 4) is 0 Å². The first kappa shape index (κ1) is 19.2. The number of nitrogens with zero attached hydrogens (tertiary/aromatic N) is 1. The Kier molecular flexibility index (Phi) is 7.64. The summed E-state index contributed by atoms with van der Waals surface area (Å²) in [5.74, 6) is -0.0366. The molecule has 2 N–H and O–H groups in total. The van der Waals surface area contributed by atoms with Gasteiger partial charge >= 0.3 is 0 Å². The molecule has 2 rings (SSSR count). The van der Waals surface area contributed by atoms with Crippen LogP contribution in [0.5, 0.6) is 0 Å². The van der Waals surface area contributed by atoms with Gasteiger partial charge in [-0.25, -0.2) is 0 Å². The Morgan fingerprint density at radius 3 is 2.52 bits per heavy atom. The van der Waals surface area contributed by atoms with E-state index in [2.05, 4.69) is 24.4 Å². The molecule has 134 valence electrons. The minimum atomic E-state index is -0.0366. The number of para-hydroxylation sites is 1. The minimum absolute atomic E-state index is 0.0366. The Balaban J connectivity index is 1.96. The SMILES string of the molecule is CCc1cccc(C)c1NC(=O)CN(CCO)CCc1ccccc1. The molecule has 2 aromatic carbocycles. The third-order valence-electron chi connectivity index (χ3n) is 4.35. The van der Waals surface area contributed by atoms with Gasteiger partial charge in [-0.3, -0.25) is 9.69 Å². The first-order chi connectivity index (χ1) is 12.1. The average Bonchev–Trinajstić information content (AvgIpc) is 2.62. The maximum atomic E-state index is 12.5. The highest BCUT2D eigenvalue weighted by atomic mass is 16.3. The van der Waals surface area contributed by atoms with Crippen molar-refractivity contribution in [2.45, 2.75) is 26.7 Å². The second-order valence-electron chi connectivity index (χ2n) is 6.25. The van der Waals surface area contributed by atoms with Crippen LogP contribution in [0, 0.1) is 6.92 Å². The topological polar surface area (TPSA) is 52.6 Å². The van der Waals surface area contributed by atoms with Crippen molar-refractivity contribution in [1.82, 2.24) is 4.90 Å². The summed E-state index contributed by atoms with van der Waals surface area (Å²) >= 11 is 0. The number of amides is 1. The Labute approximate surface area is 150 Å². The summed E-state index contributed by atoms with van der Waals surface area (Å²) in [5.41, 5.74) is 4.37. The number of nitrogens with one attached hydrogen (secondary N) is 1. The number of carbonyl (C=O) groups is 1. The van der Waals surface area contributed by atoms with Gasteiger partial charge in [0.05, 0.1) is 13.2 Å². The molecular weight excluding hydrogens is 312 g/mol. The van der Waals surface area contributed by atoms with Crippen LogP contribution in [0.3, 0.4) is 0 Å². The Hall–Kier alpha value is -2.17. The molecule has 4 heteroatoms. The summed E-state index contributed by atoms with van der Waals surface area (Å²) in [6.45, 7) is 5.66. The van der Waals surface area contributed by atoms with E-state index in [0.29, 0.717) is 6.54 Å². The van der Waals surface area contributed by atoms with E-state index < -0.39 is 0 Å². The minimum Gasteiger partial charge on any atom is -0.395 e. The van der Waals surface area contributed by atoms with Crippen molar-refractivity contribution in [3.05, 3.63) is 65.2 Å². The maximum Gasteiger partial charge on any atom is 0.238 e. The summed E-state index contributed by atoms with van der Waals surface area (Å²) in [6, 6.07) is 16.3. The van der Waals surface area contributed by atoms with Crippen LogP contribution in [0.25, 0.3) is 0 Å². The molecule has 0 heterocycles. The van der Waals surface area contributed by atoms with Crippen molar-refractivity contribution in [3.63, 3.8) is 0 Å². The maximum absolute atomic E-state index is 12.5. The summed E-state index contributed by atoms with van der Waals surface area (Å²) < 4.78 is 0. The zero-order valence-corrected chi connectivity index (χ0v) is 15.2. The molecule has 2 aromatic rings. The summed E-state index contributed by atoms with van der Waals surface area (Å²) in [6.07, 6.45) is 1.74. The van der Waals surface area contributed by atoms with Gasteiger partial charge < -0.3 is 10.4 Å². The van der Waals surface area contributed by atoms with E-state index in [9.17, 15) is 9.90 Å². The van der Waals surface area contributed by atoms with Crippen molar-refractivity contribution < 1.29 is 9.90 Å². The van der Waals surface area contributed by atoms with E-state index in [1.54, 1.807) is 0 Å². The van der Waals surface area contributed by atoms with Gasteiger partial charge in [-0.1, -0.05) is 55.5 Å². The number of aliphatic hydroxyl groups excluding tert-OH is 1. The van der Waals surface area contributed by atoms with Gasteiger partial charge in [-0.2, -0.15) is 0 Å². The number of carbonyl (C=O) groups excluding carboxylic acids is 1. The van der Waals surface area contributed by atoms with Gasteiger partial charge in [-0.05, 0) is 36.5 Å². The molecule has 4 nitrogen and oxygen atoms in total. The monoisotopic (exact) mass is 340 g/mol. The van der Waals surface area contributed by atoms with Crippen LogP contribution in [0.4, 0.5) is 5.69 Å². The van der Waals surface area contributed by atoms with Crippen molar-refractivity contribution >= 4 is 11.6 Å². The molecule has 0 saturated heterocycles. The number of hydrogen-bond acceptors (Lipinski definition) is 3. The van der Waals surface area contributed by atoms with Crippen LogP contribution in [-0.4, -0.2) is 42.2 Å². The van der Waals surface area contributed by atoms with E-state index in [-0.39, 0.29) is 19.1 Å². The third kappa shape index (κ3) is 6.00. The molecule has 0 aliphatic heterocycles. The summed E-state index contributed by atoms with van der Waals surface area (Å²) in [7, 11) is 0. The fourth-order valence-electron chi connectivity index (χ4n) is 2.93. The Bertz CT molecular complexity index is 671. The predicted molar refractivity (Wildman–Crippen MR) is 103 cm³/mol. The molecule has 0 spiro atoms. The quantitative estimate of drug-likeness (QED) is 0.738. The van der Waals surface area contributed by atoms with Crippen LogP contribution in [0.1, 0.15) is 23.6 Å². The van der Waals surface area contributed by atoms with Crippen molar-refractivity contribution in [1.29, 1.82) is 0 Å². The highest BCUT2D eigenvalue weighted by Crippen LogP contribution is 2.21. The van der Waals surface area contributed by atoms with Crippen molar-refractivity contribution in [2.75, 3.05) is 31.6 Å². The van der Waals surface area contributed by atoms with Gasteiger partial charge in [0.15, 0.2) is 0 Å². The fourth-order valence-corrected chi connectivity index (χ4v) is 2.93. The third-order valence-corrected chi connectivity index (χ3v) is 4.35. The molecule has 0 aromatic heterocycles. The molecule has 0 radical (unpaired) electrons. The second-order valence-corrected chi connectivity index (χ2v) is 6.25. The molecule has 0 aliphatic rings. The van der Waals surface area contributed by atoms with Gasteiger partial charge in [0.2, 0.25) is 5.91 Å². The first-order valence-corrected chi connectivity index (χ1v) is 8.89. The highest BCUT2D eigenvalue weighted by Gasteiger charge is 2.13. The first-order valence-electron chi connectivity index (χ1n) is 8.89. The number of aryl methyl sites for hydroxylation is 2. The average molecular weight is 340 g/mol. The normalized spacial score (nSPS) is 10.9. The van der Waals surface area contributed by atoms with Gasteiger partial charge in [0, 0.05) is 18.8 Å². The van der Waals surface area contributed by atoms with Crippen LogP contribution in [-0.2, 0) is 17.6 Å². The number of anilines is 1. The van der Waals surface area contributed by atoms with Crippen LogP contribution >= 0.6 is 0 Å². The number of hydrogen-bond donors (Lipinski definition) is 2. The fraction of sp³-hybridized carbons (Fsp3) is 0.381. The largest absolute Gasteiger partial charge is 0.395 e. The van der Waals surface area contributed by atoms with E-state index in [4.69, 9.17) is 0 Å². The summed E-state index contributed by atoms with van der Waals surface area (Å²) in [4.78, 5) is 14.5. The standard InChI is InChI=1S/C21H28N2O2/c1-3-19-11-7-8-17(2)21(19)22-20(25)16-23(14-15-24)13-12-18-9-5-4-6-10-18/h4-11,24H,3,12-16H2,1-2H3,(H,22,25). The zero-order chi connectivity index (χ0) is 18.1. The molecular formula is C21H28N2O2. The molecule has 0 aliphatic carbocycles. The van der Waals surface area contributed by atoms with E-state index in [0.717, 1.165) is 36.2 Å². The lowest BCUT2D eigenvalue weighted by atomic mass is 10.1. The highest BCUT2D eigenvalue weighted by molar-refractivity contribution is 5.93. The van der Waals surface area contributed by atoms with Gasteiger partial charge in [-0.15, -0.1) is 0 Å². The van der Waals surface area contributed by atoms with E-state index in [1.165, 1.54) is 5.56 Å². The molecule has 1 amide bonds. The Morgan fingerprint density at radius 2 is 1.84 bits per heavy atom. The molecule has 25 heavy (non-hydrogen) atoms. The molecule has 0 fully saturated rings. The lowest BCUT2D eigenvalue weighted by Crippen LogP contribution is -2.36. The molecule has 0 bridgehead atoms. The second kappa shape index (κ2) is 9.97. The van der Waals surface area contributed by atoms with Gasteiger partial charge in [0.25, 0.3) is 0 Å². The van der Waals surface area contributed by atoms with Crippen LogP contribution < -0.4 is 5.32 Å². The van der Waals surface area contributed by atoms with E-state index in [1.807, 2.05) is 48.2 Å². The smallest absolute Gasteiger partial charge is 0.238 e. The molecule has 0 atom stereocenters. The molecule has 0 unspecified atom stereocenters. The van der Waals surface area contributed by atoms with Crippen LogP contribution in [0.2, 0.25) is 0 Å². The predicted octanol–water partition coefficient (Wildman–Crippen LogP) is 3.03. The Morgan fingerprint density at radius 1 is 1.08 bits per heavy atom. The lowest BCUT2D eigenvalue weighted by molar-refractivity contribution is -0.117. The lowest BCUT2D eigenvalue weighted by Gasteiger charge is -2.21. The van der Waals surface area contributed by atoms with E-state index >= 15 is 0 Å².